The van der Waals surface area contributed by atoms with Gasteiger partial charge in [0.05, 0.1) is 11.2 Å². The molecule has 3 aromatic rings. The SMILES string of the molecule is C1CCCC1.CC(C)c1c2cc(-c3ccnc(N)n3)ccc2nn1C. The first kappa shape index (κ1) is 17.4. The number of benzene rings is 1. The van der Waals surface area contributed by atoms with Crippen molar-refractivity contribution < 1.29 is 0 Å². The second-order valence-electron chi connectivity index (χ2n) is 6.96. The van der Waals surface area contributed by atoms with Crippen molar-refractivity contribution in [1.82, 2.24) is 19.7 Å². The summed E-state index contributed by atoms with van der Waals surface area (Å²) in [7, 11) is 1.98. The molecule has 2 aromatic heterocycles. The van der Waals surface area contributed by atoms with Crippen LogP contribution in [0.3, 0.4) is 0 Å². The Balaban J connectivity index is 0.000000314. The Morgan fingerprint density at radius 2 is 1.72 bits per heavy atom. The Morgan fingerprint density at radius 1 is 1.04 bits per heavy atom. The van der Waals surface area contributed by atoms with Gasteiger partial charge in [0.15, 0.2) is 0 Å². The zero-order valence-electron chi connectivity index (χ0n) is 15.4. The average Bonchev–Trinajstić information content (AvgIpc) is 3.24. The Bertz CT molecular complexity index is 839. The van der Waals surface area contributed by atoms with Crippen molar-refractivity contribution >= 4 is 16.9 Å². The van der Waals surface area contributed by atoms with Gasteiger partial charge < -0.3 is 5.73 Å². The lowest BCUT2D eigenvalue weighted by molar-refractivity contribution is 0.677. The van der Waals surface area contributed by atoms with E-state index in [0.29, 0.717) is 5.92 Å². The Morgan fingerprint density at radius 3 is 2.32 bits per heavy atom. The minimum Gasteiger partial charge on any atom is -0.368 e. The predicted octanol–water partition coefficient (Wildman–Crippen LogP) is 4.69. The van der Waals surface area contributed by atoms with Crippen LogP contribution in [-0.2, 0) is 7.05 Å². The summed E-state index contributed by atoms with van der Waals surface area (Å²) in [5, 5.41) is 5.71. The van der Waals surface area contributed by atoms with Gasteiger partial charge in [-0.25, -0.2) is 9.97 Å². The lowest BCUT2D eigenvalue weighted by Gasteiger charge is -2.07. The van der Waals surface area contributed by atoms with E-state index in [-0.39, 0.29) is 5.95 Å². The molecule has 0 saturated heterocycles. The van der Waals surface area contributed by atoms with Crippen LogP contribution < -0.4 is 5.73 Å². The summed E-state index contributed by atoms with van der Waals surface area (Å²) in [4.78, 5) is 8.20. The number of nitrogen functional groups attached to an aromatic ring is 1. The van der Waals surface area contributed by atoms with Crippen LogP contribution in [0.2, 0.25) is 0 Å². The van der Waals surface area contributed by atoms with Crippen LogP contribution in [0, 0.1) is 0 Å². The molecule has 2 heterocycles. The van der Waals surface area contributed by atoms with Gasteiger partial charge in [0.2, 0.25) is 5.95 Å². The Labute approximate surface area is 149 Å². The maximum atomic E-state index is 5.65. The third-order valence-electron chi connectivity index (χ3n) is 4.65. The fourth-order valence-electron chi connectivity index (χ4n) is 3.48. The summed E-state index contributed by atoms with van der Waals surface area (Å²) in [5.74, 6) is 0.702. The Kier molecular flexibility index (Phi) is 5.31. The van der Waals surface area contributed by atoms with Crippen LogP contribution in [0.4, 0.5) is 5.95 Å². The molecule has 25 heavy (non-hydrogen) atoms. The van der Waals surface area contributed by atoms with Gasteiger partial charge in [0.1, 0.15) is 0 Å². The zero-order valence-corrected chi connectivity index (χ0v) is 15.4. The van der Waals surface area contributed by atoms with Crippen molar-refractivity contribution in [2.75, 3.05) is 5.73 Å². The first-order chi connectivity index (χ1) is 12.1. The van der Waals surface area contributed by atoms with Crippen molar-refractivity contribution in [2.45, 2.75) is 51.9 Å². The smallest absolute Gasteiger partial charge is 0.220 e. The van der Waals surface area contributed by atoms with Crippen molar-refractivity contribution in [3.8, 4) is 11.3 Å². The molecule has 0 amide bonds. The molecule has 0 spiro atoms. The van der Waals surface area contributed by atoms with E-state index in [1.165, 1.54) is 37.8 Å². The summed E-state index contributed by atoms with van der Waals surface area (Å²) in [5.41, 5.74) is 9.74. The molecule has 0 bridgehead atoms. The minimum absolute atomic E-state index is 0.290. The summed E-state index contributed by atoms with van der Waals surface area (Å²) in [6.07, 6.45) is 9.18. The zero-order chi connectivity index (χ0) is 17.8. The Hall–Kier alpha value is -2.43. The molecular formula is C20H27N5. The molecular weight excluding hydrogens is 310 g/mol. The topological polar surface area (TPSA) is 69.6 Å². The highest BCUT2D eigenvalue weighted by Gasteiger charge is 2.13. The van der Waals surface area contributed by atoms with Crippen LogP contribution in [0.5, 0.6) is 0 Å². The number of nitrogens with zero attached hydrogens (tertiary/aromatic N) is 4. The second-order valence-corrected chi connectivity index (χ2v) is 6.96. The van der Waals surface area contributed by atoms with Gasteiger partial charge >= 0.3 is 0 Å². The molecule has 1 aromatic carbocycles. The highest BCUT2D eigenvalue weighted by atomic mass is 15.3. The molecule has 2 N–H and O–H groups in total. The number of hydrogen-bond acceptors (Lipinski definition) is 4. The number of aromatic nitrogens is 4. The van der Waals surface area contributed by atoms with Gasteiger partial charge in [-0.2, -0.15) is 5.10 Å². The van der Waals surface area contributed by atoms with E-state index < -0.39 is 0 Å². The van der Waals surface area contributed by atoms with Crippen molar-refractivity contribution in [2.24, 2.45) is 7.05 Å². The minimum atomic E-state index is 0.290. The molecule has 0 aliphatic heterocycles. The van der Waals surface area contributed by atoms with E-state index in [0.717, 1.165) is 22.2 Å². The molecule has 5 heteroatoms. The van der Waals surface area contributed by atoms with Crippen molar-refractivity contribution in [1.29, 1.82) is 0 Å². The standard InChI is InChI=1S/C15H17N5.C5H10/c1-9(2)14-11-8-10(4-5-13(11)19-20(14)3)12-6-7-17-15(16)18-12;1-2-4-5-3-1/h4-9H,1-3H3,(H2,16,17,18);1-5H2. The maximum absolute atomic E-state index is 5.65. The summed E-state index contributed by atoms with van der Waals surface area (Å²) in [6.45, 7) is 4.34. The van der Waals surface area contributed by atoms with Crippen molar-refractivity contribution in [3.63, 3.8) is 0 Å². The highest BCUT2D eigenvalue weighted by Crippen LogP contribution is 2.28. The monoisotopic (exact) mass is 337 g/mol. The lowest BCUT2D eigenvalue weighted by atomic mass is 10.0. The number of nitrogens with two attached hydrogens (primary N) is 1. The molecule has 132 valence electrons. The number of fused-ring (bicyclic) bond motifs is 1. The highest BCUT2D eigenvalue weighted by molar-refractivity contribution is 5.86. The summed E-state index contributed by atoms with van der Waals surface area (Å²) < 4.78 is 1.95. The van der Waals surface area contributed by atoms with E-state index in [1.54, 1.807) is 6.20 Å². The molecule has 4 rings (SSSR count). The largest absolute Gasteiger partial charge is 0.368 e. The van der Waals surface area contributed by atoms with Crippen LogP contribution in [0.15, 0.2) is 30.5 Å². The summed E-state index contributed by atoms with van der Waals surface area (Å²) in [6, 6.07) is 8.03. The van der Waals surface area contributed by atoms with Crippen molar-refractivity contribution in [3.05, 3.63) is 36.2 Å². The quantitative estimate of drug-likeness (QED) is 0.736. The number of rotatable bonds is 2. The van der Waals surface area contributed by atoms with Crippen LogP contribution in [0.1, 0.15) is 57.6 Å². The lowest BCUT2D eigenvalue weighted by Crippen LogP contribution is -1.99. The molecule has 0 radical (unpaired) electrons. The van der Waals surface area contributed by atoms with Gasteiger partial charge in [-0.15, -0.1) is 0 Å². The maximum Gasteiger partial charge on any atom is 0.220 e. The molecule has 0 atom stereocenters. The molecule has 1 aliphatic rings. The van der Waals surface area contributed by atoms with E-state index in [4.69, 9.17) is 5.73 Å². The number of anilines is 1. The molecule has 1 fully saturated rings. The first-order valence-electron chi connectivity index (χ1n) is 9.12. The normalized spacial score (nSPS) is 13.9. The molecule has 1 aliphatic carbocycles. The molecule has 0 unspecified atom stereocenters. The fourth-order valence-corrected chi connectivity index (χ4v) is 3.48. The van der Waals surface area contributed by atoms with Crippen LogP contribution in [0.25, 0.3) is 22.2 Å². The third-order valence-corrected chi connectivity index (χ3v) is 4.65. The van der Waals surface area contributed by atoms with Gasteiger partial charge in [0, 0.05) is 29.9 Å². The molecule has 5 nitrogen and oxygen atoms in total. The van der Waals surface area contributed by atoms with Gasteiger partial charge in [0.25, 0.3) is 0 Å². The average molecular weight is 337 g/mol. The van der Waals surface area contributed by atoms with E-state index in [2.05, 4.69) is 35.0 Å². The van der Waals surface area contributed by atoms with Crippen LogP contribution in [-0.4, -0.2) is 19.7 Å². The predicted molar refractivity (Wildman–Crippen MR) is 103 cm³/mol. The number of hydrogen-bond donors (Lipinski definition) is 1. The third kappa shape index (κ3) is 3.98. The fraction of sp³-hybridized carbons (Fsp3) is 0.450. The summed E-state index contributed by atoms with van der Waals surface area (Å²) >= 11 is 0. The van der Waals surface area contributed by atoms with E-state index in [1.807, 2.05) is 29.9 Å². The second kappa shape index (κ2) is 7.64. The van der Waals surface area contributed by atoms with Gasteiger partial charge in [-0.3, -0.25) is 4.68 Å². The van der Waals surface area contributed by atoms with Gasteiger partial charge in [-0.1, -0.05) is 52.0 Å². The number of aryl methyl sites for hydroxylation is 1. The van der Waals surface area contributed by atoms with E-state index in [9.17, 15) is 0 Å². The first-order valence-corrected chi connectivity index (χ1v) is 9.12. The van der Waals surface area contributed by atoms with E-state index >= 15 is 0 Å². The van der Waals surface area contributed by atoms with Crippen LogP contribution >= 0.6 is 0 Å². The van der Waals surface area contributed by atoms with Gasteiger partial charge in [-0.05, 0) is 24.1 Å². The molecule has 1 saturated carbocycles.